The molecule has 66 heavy (non-hydrogen) atoms. The summed E-state index contributed by atoms with van der Waals surface area (Å²) in [5.41, 5.74) is 0. The van der Waals surface area contributed by atoms with Gasteiger partial charge in [0, 0.05) is 13.0 Å². The van der Waals surface area contributed by atoms with Crippen molar-refractivity contribution in [3.8, 4) is 0 Å². The second-order valence-corrected chi connectivity index (χ2v) is 19.4. The maximum absolute atomic E-state index is 12.9. The topological polar surface area (TPSA) is 214 Å². The number of rotatable bonds is 44. The Kier molecular flexibility index (Phi) is 37.7. The van der Waals surface area contributed by atoms with Crippen LogP contribution in [0, 0.1) is 0 Å². The van der Waals surface area contributed by atoms with Crippen LogP contribution in [0.3, 0.4) is 0 Å². The van der Waals surface area contributed by atoms with E-state index in [1.165, 1.54) is 161 Å². The van der Waals surface area contributed by atoms with Crippen molar-refractivity contribution >= 4 is 5.97 Å². The maximum atomic E-state index is 12.9. The van der Waals surface area contributed by atoms with E-state index in [1.54, 1.807) is 0 Å². The second-order valence-electron chi connectivity index (χ2n) is 19.4. The highest BCUT2D eigenvalue weighted by Gasteiger charge is 2.47. The molecular weight excluding hydrogens is 849 g/mol. The largest absolute Gasteiger partial charge is 0.457 e. The molecule has 11 atom stereocenters. The summed E-state index contributed by atoms with van der Waals surface area (Å²) in [6, 6.07) is 0. The van der Waals surface area contributed by atoms with Crippen LogP contribution in [-0.4, -0.2) is 142 Å². The van der Waals surface area contributed by atoms with Crippen molar-refractivity contribution in [1.82, 2.24) is 0 Å². The van der Waals surface area contributed by atoms with E-state index in [2.05, 4.69) is 13.8 Å². The molecule has 2 aliphatic heterocycles. The van der Waals surface area contributed by atoms with Crippen LogP contribution in [0.2, 0.25) is 0 Å². The van der Waals surface area contributed by atoms with Crippen molar-refractivity contribution in [2.75, 3.05) is 33.0 Å². The first kappa shape index (κ1) is 61.1. The average Bonchev–Trinajstić information content (AvgIpc) is 3.31. The molecule has 0 saturated carbocycles. The fraction of sp³-hybridized carbons (Fsp3) is 0.981. The van der Waals surface area contributed by atoms with Crippen molar-refractivity contribution in [3.05, 3.63) is 0 Å². The van der Waals surface area contributed by atoms with Crippen LogP contribution >= 0.6 is 0 Å². The zero-order chi connectivity index (χ0) is 48.0. The molecule has 0 amide bonds. The van der Waals surface area contributed by atoms with E-state index in [0.717, 1.165) is 38.5 Å². The number of unbranched alkanes of at least 4 members (excludes halogenated alkanes) is 30. The Morgan fingerprint density at radius 2 is 0.803 bits per heavy atom. The van der Waals surface area contributed by atoms with Crippen LogP contribution in [0.4, 0.5) is 0 Å². The van der Waals surface area contributed by atoms with Crippen molar-refractivity contribution in [2.45, 2.75) is 293 Å². The van der Waals surface area contributed by atoms with Crippen LogP contribution in [0.25, 0.3) is 0 Å². The number of aliphatic hydroxyl groups excluding tert-OH is 7. The quantitative estimate of drug-likeness (QED) is 0.0226. The van der Waals surface area contributed by atoms with E-state index in [4.69, 9.17) is 28.4 Å². The molecule has 2 fully saturated rings. The normalized spacial score (nSPS) is 26.2. The first-order valence-electron chi connectivity index (χ1n) is 27.1. The molecule has 2 heterocycles. The van der Waals surface area contributed by atoms with Crippen molar-refractivity contribution < 1.29 is 69.0 Å². The number of ether oxygens (including phenoxy) is 6. The van der Waals surface area contributed by atoms with E-state index in [1.807, 2.05) is 0 Å². The van der Waals surface area contributed by atoms with E-state index >= 15 is 0 Å². The van der Waals surface area contributed by atoms with E-state index in [0.29, 0.717) is 13.0 Å². The van der Waals surface area contributed by atoms with Gasteiger partial charge < -0.3 is 64.2 Å². The second kappa shape index (κ2) is 40.7. The third-order valence-electron chi connectivity index (χ3n) is 13.4. The molecular formula is C52H100O14. The number of esters is 1. The Morgan fingerprint density at radius 1 is 0.439 bits per heavy atom. The van der Waals surface area contributed by atoms with Gasteiger partial charge in [-0.05, 0) is 12.8 Å². The summed E-state index contributed by atoms with van der Waals surface area (Å²) in [5.74, 6) is -0.374. The summed E-state index contributed by atoms with van der Waals surface area (Å²) in [5, 5.41) is 72.0. The third kappa shape index (κ3) is 28.0. The van der Waals surface area contributed by atoms with Gasteiger partial charge >= 0.3 is 5.97 Å². The van der Waals surface area contributed by atoms with Crippen molar-refractivity contribution in [3.63, 3.8) is 0 Å². The Bertz CT molecular complexity index is 1100. The molecule has 0 aliphatic carbocycles. The fourth-order valence-electron chi connectivity index (χ4n) is 8.93. The van der Waals surface area contributed by atoms with Gasteiger partial charge in [-0.2, -0.15) is 0 Å². The lowest BCUT2D eigenvalue weighted by molar-refractivity contribution is -0.332. The molecule has 11 unspecified atom stereocenters. The highest BCUT2D eigenvalue weighted by molar-refractivity contribution is 5.69. The van der Waals surface area contributed by atoms with E-state index in [-0.39, 0.29) is 25.6 Å². The number of aliphatic hydroxyl groups is 7. The van der Waals surface area contributed by atoms with Crippen molar-refractivity contribution in [2.24, 2.45) is 0 Å². The van der Waals surface area contributed by atoms with Crippen molar-refractivity contribution in [1.29, 1.82) is 0 Å². The zero-order valence-corrected chi connectivity index (χ0v) is 41.7. The molecule has 14 heteroatoms. The molecule has 2 saturated heterocycles. The van der Waals surface area contributed by atoms with Gasteiger partial charge in [-0.15, -0.1) is 0 Å². The molecule has 2 aliphatic rings. The predicted octanol–water partition coefficient (Wildman–Crippen LogP) is 8.47. The lowest BCUT2D eigenvalue weighted by Crippen LogP contribution is -2.61. The number of carbonyl (C=O) groups is 1. The zero-order valence-electron chi connectivity index (χ0n) is 41.7. The van der Waals surface area contributed by atoms with Gasteiger partial charge in [0.05, 0.1) is 26.4 Å². The SMILES string of the molecule is CCCCCCCCCCCCCCCCCCCCCCCCCOCC(COC1OC(COC2OC(CO)C(O)C(O)C2O)C(O)C(O)C1O)OC(=O)CCCCCCCCCCC. The maximum Gasteiger partial charge on any atom is 0.306 e. The molecule has 0 aromatic rings. The standard InChI is InChI=1S/C52H100O14/c1-3-5-7-9-11-13-14-15-16-17-18-19-20-21-22-23-24-25-26-28-30-32-34-36-61-38-41(64-44(54)35-33-31-29-27-12-10-8-6-4-2)39-62-51-50(60)48(58)46(56)43(66-51)40-63-52-49(59)47(57)45(55)42(37-53)65-52/h41-43,45-53,55-60H,3-40H2,1-2H3. The molecule has 2 rings (SSSR count). The van der Waals surface area contributed by atoms with Gasteiger partial charge in [-0.25, -0.2) is 0 Å². The van der Waals surface area contributed by atoms with Gasteiger partial charge in [0.15, 0.2) is 12.6 Å². The molecule has 392 valence electrons. The Morgan fingerprint density at radius 3 is 1.23 bits per heavy atom. The van der Waals surface area contributed by atoms with Gasteiger partial charge in [-0.3, -0.25) is 4.79 Å². The summed E-state index contributed by atoms with van der Waals surface area (Å²) in [6.45, 7) is 3.71. The van der Waals surface area contributed by atoms with Crippen LogP contribution in [0.5, 0.6) is 0 Å². The van der Waals surface area contributed by atoms with E-state index < -0.39 is 80.7 Å². The molecule has 0 aromatic carbocycles. The molecule has 7 N–H and O–H groups in total. The minimum Gasteiger partial charge on any atom is -0.457 e. The first-order valence-corrected chi connectivity index (χ1v) is 27.1. The third-order valence-corrected chi connectivity index (χ3v) is 13.4. The van der Waals surface area contributed by atoms with Crippen LogP contribution in [0.1, 0.15) is 226 Å². The van der Waals surface area contributed by atoms with Gasteiger partial charge in [0.2, 0.25) is 0 Å². The summed E-state index contributed by atoms with van der Waals surface area (Å²) in [4.78, 5) is 12.9. The molecule has 0 spiro atoms. The van der Waals surface area contributed by atoms with E-state index in [9.17, 15) is 40.5 Å². The number of carbonyl (C=O) groups excluding carboxylic acids is 1. The fourth-order valence-corrected chi connectivity index (χ4v) is 8.93. The molecule has 14 nitrogen and oxygen atoms in total. The number of hydrogen-bond donors (Lipinski definition) is 7. The average molecular weight is 949 g/mol. The lowest BCUT2D eigenvalue weighted by Gasteiger charge is -2.42. The Balaban J connectivity index is 1.66. The minimum absolute atomic E-state index is 0.0699. The van der Waals surface area contributed by atoms with Crippen LogP contribution in [-0.2, 0) is 33.2 Å². The highest BCUT2D eigenvalue weighted by Crippen LogP contribution is 2.27. The Labute approximate surface area is 400 Å². The molecule has 0 radical (unpaired) electrons. The van der Waals surface area contributed by atoms with Gasteiger partial charge in [0.1, 0.15) is 54.9 Å². The lowest BCUT2D eigenvalue weighted by atomic mass is 9.98. The first-order chi connectivity index (χ1) is 32.1. The Hall–Kier alpha value is -1.01. The monoisotopic (exact) mass is 949 g/mol. The van der Waals surface area contributed by atoms with Crippen LogP contribution in [0.15, 0.2) is 0 Å². The van der Waals surface area contributed by atoms with Crippen LogP contribution < -0.4 is 0 Å². The predicted molar refractivity (Wildman–Crippen MR) is 257 cm³/mol. The summed E-state index contributed by atoms with van der Waals surface area (Å²) >= 11 is 0. The molecule has 0 aromatic heterocycles. The minimum atomic E-state index is -1.70. The van der Waals surface area contributed by atoms with Gasteiger partial charge in [-0.1, -0.05) is 206 Å². The highest BCUT2D eigenvalue weighted by atomic mass is 16.7. The summed E-state index contributed by atoms with van der Waals surface area (Å²) in [7, 11) is 0. The van der Waals surface area contributed by atoms with Gasteiger partial charge in [0.25, 0.3) is 0 Å². The molecule has 0 bridgehead atoms. The smallest absolute Gasteiger partial charge is 0.306 e. The number of hydrogen-bond acceptors (Lipinski definition) is 14. The summed E-state index contributed by atoms with van der Waals surface area (Å²) < 4.78 is 34.3. The summed E-state index contributed by atoms with van der Waals surface area (Å²) in [6.07, 6.45) is 24.8.